The number of thioether (sulfide) groups is 1. The highest BCUT2D eigenvalue weighted by Crippen LogP contribution is 2.19. The van der Waals surface area contributed by atoms with E-state index < -0.39 is 0 Å². The van der Waals surface area contributed by atoms with Crippen LogP contribution in [0.5, 0.6) is 5.75 Å². The molecule has 0 radical (unpaired) electrons. The number of ether oxygens (including phenoxy) is 1. The molecule has 2 aromatic carbocycles. The van der Waals surface area contributed by atoms with Crippen molar-refractivity contribution in [3.8, 4) is 5.75 Å². The highest BCUT2D eigenvalue weighted by Gasteiger charge is 1.98. The third kappa shape index (κ3) is 6.57. The molecule has 0 aromatic heterocycles. The molecule has 1 nitrogen and oxygen atoms in total. The maximum atomic E-state index is 5.78. The first kappa shape index (κ1) is 17.0. The second kappa shape index (κ2) is 10.3. The maximum absolute atomic E-state index is 5.78. The molecule has 0 unspecified atom stereocenters. The molecule has 0 saturated heterocycles. The van der Waals surface area contributed by atoms with Crippen LogP contribution in [-0.2, 0) is 6.42 Å². The summed E-state index contributed by atoms with van der Waals surface area (Å²) in [4.78, 5) is 1.34. The van der Waals surface area contributed by atoms with Crippen molar-refractivity contribution in [2.24, 2.45) is 0 Å². The van der Waals surface area contributed by atoms with Crippen LogP contribution in [-0.4, -0.2) is 12.4 Å². The lowest BCUT2D eigenvalue weighted by Crippen LogP contribution is -1.97. The Bertz CT molecular complexity index is 507. The molecule has 2 rings (SSSR count). The molecule has 0 amide bonds. The van der Waals surface area contributed by atoms with Gasteiger partial charge in [0.15, 0.2) is 0 Å². The van der Waals surface area contributed by atoms with E-state index in [1.54, 1.807) is 0 Å². The van der Waals surface area contributed by atoms with E-state index in [4.69, 9.17) is 4.74 Å². The average molecular weight is 314 g/mol. The molecule has 118 valence electrons. The first-order valence-corrected chi connectivity index (χ1v) is 9.26. The molecule has 2 heteroatoms. The summed E-state index contributed by atoms with van der Waals surface area (Å²) in [6.45, 7) is 3.07. The van der Waals surface area contributed by atoms with Crippen molar-refractivity contribution in [3.05, 3.63) is 60.2 Å². The van der Waals surface area contributed by atoms with Crippen LogP contribution in [0.2, 0.25) is 0 Å². The van der Waals surface area contributed by atoms with Crippen molar-refractivity contribution < 1.29 is 4.74 Å². The Labute approximate surface area is 139 Å². The molecular formula is C20H26OS. The van der Waals surface area contributed by atoms with Gasteiger partial charge in [-0.25, -0.2) is 0 Å². The molecule has 0 spiro atoms. The van der Waals surface area contributed by atoms with E-state index in [0.717, 1.165) is 31.0 Å². The van der Waals surface area contributed by atoms with E-state index in [2.05, 4.69) is 61.5 Å². The minimum atomic E-state index is 0.837. The molecule has 0 heterocycles. The Balaban J connectivity index is 1.66. The summed E-state index contributed by atoms with van der Waals surface area (Å²) in [5, 5.41) is 0. The minimum Gasteiger partial charge on any atom is -0.494 e. The Morgan fingerprint density at radius 2 is 1.64 bits per heavy atom. The number of rotatable bonds is 10. The zero-order valence-corrected chi connectivity index (χ0v) is 14.3. The van der Waals surface area contributed by atoms with E-state index in [1.165, 1.54) is 29.7 Å². The zero-order chi connectivity index (χ0) is 15.5. The average Bonchev–Trinajstić information content (AvgIpc) is 2.57. The number of aryl methyl sites for hydroxylation is 1. The number of hydrogen-bond acceptors (Lipinski definition) is 2. The molecule has 0 atom stereocenters. The lowest BCUT2D eigenvalue weighted by molar-refractivity contribution is 0.305. The molecule has 0 fully saturated rings. The topological polar surface area (TPSA) is 9.23 Å². The summed E-state index contributed by atoms with van der Waals surface area (Å²) in [7, 11) is 0. The van der Waals surface area contributed by atoms with Crippen LogP contribution in [0.4, 0.5) is 0 Å². The molecule has 0 bridgehead atoms. The summed E-state index contributed by atoms with van der Waals surface area (Å²) in [6.07, 6.45) is 6.10. The fraction of sp³-hybridized carbons (Fsp3) is 0.400. The predicted molar refractivity (Wildman–Crippen MR) is 96.9 cm³/mol. The van der Waals surface area contributed by atoms with Crippen molar-refractivity contribution in [2.45, 2.75) is 43.9 Å². The fourth-order valence-electron chi connectivity index (χ4n) is 2.27. The van der Waals surface area contributed by atoms with Gasteiger partial charge in [-0.2, -0.15) is 0 Å². The van der Waals surface area contributed by atoms with Crippen molar-refractivity contribution in [2.75, 3.05) is 12.4 Å². The second-order valence-corrected chi connectivity index (χ2v) is 6.63. The molecule has 2 aromatic rings. The lowest BCUT2D eigenvalue weighted by Gasteiger charge is -2.07. The second-order valence-electron chi connectivity index (χ2n) is 5.46. The van der Waals surface area contributed by atoms with Crippen molar-refractivity contribution >= 4 is 11.8 Å². The van der Waals surface area contributed by atoms with E-state index >= 15 is 0 Å². The molecule has 0 aliphatic rings. The summed E-state index contributed by atoms with van der Waals surface area (Å²) < 4.78 is 5.78. The van der Waals surface area contributed by atoms with Gasteiger partial charge >= 0.3 is 0 Å². The standard InChI is InChI=1S/C20H26OS/c1-2-3-4-8-16-21-19-13-11-18(12-14-19)15-17-22-20-9-6-5-7-10-20/h5-7,9-14H,2-4,8,15-17H2,1H3. The maximum Gasteiger partial charge on any atom is 0.119 e. The van der Waals surface area contributed by atoms with Crippen LogP contribution in [0.1, 0.15) is 38.2 Å². The van der Waals surface area contributed by atoms with E-state index in [0.29, 0.717) is 0 Å². The van der Waals surface area contributed by atoms with E-state index in [-0.39, 0.29) is 0 Å². The van der Waals surface area contributed by atoms with Crippen LogP contribution in [0.15, 0.2) is 59.5 Å². The predicted octanol–water partition coefficient (Wildman–Crippen LogP) is 5.98. The van der Waals surface area contributed by atoms with Crippen LogP contribution in [0.25, 0.3) is 0 Å². The van der Waals surface area contributed by atoms with Gasteiger partial charge in [0.05, 0.1) is 6.61 Å². The summed E-state index contributed by atoms with van der Waals surface area (Å²) in [5.41, 5.74) is 1.38. The Kier molecular flexibility index (Phi) is 7.97. The molecule has 0 saturated carbocycles. The summed E-state index contributed by atoms with van der Waals surface area (Å²) in [5.74, 6) is 2.11. The third-order valence-corrected chi connectivity index (χ3v) is 4.61. The highest BCUT2D eigenvalue weighted by molar-refractivity contribution is 7.99. The van der Waals surface area contributed by atoms with Crippen LogP contribution in [0, 0.1) is 0 Å². The Morgan fingerprint density at radius 1 is 0.864 bits per heavy atom. The van der Waals surface area contributed by atoms with Crippen molar-refractivity contribution in [3.63, 3.8) is 0 Å². The number of unbranched alkanes of at least 4 members (excludes halogenated alkanes) is 3. The first-order chi connectivity index (χ1) is 10.9. The van der Waals surface area contributed by atoms with Crippen LogP contribution >= 0.6 is 11.8 Å². The Hall–Kier alpha value is -1.41. The van der Waals surface area contributed by atoms with Gasteiger partial charge in [0.1, 0.15) is 5.75 Å². The van der Waals surface area contributed by atoms with Crippen LogP contribution in [0.3, 0.4) is 0 Å². The van der Waals surface area contributed by atoms with Gasteiger partial charge in [-0.15, -0.1) is 11.8 Å². The summed E-state index contributed by atoms with van der Waals surface area (Å²) in [6, 6.07) is 19.2. The van der Waals surface area contributed by atoms with Gasteiger partial charge in [-0.3, -0.25) is 0 Å². The van der Waals surface area contributed by atoms with E-state index in [9.17, 15) is 0 Å². The molecule has 0 aliphatic carbocycles. The zero-order valence-electron chi connectivity index (χ0n) is 13.5. The van der Waals surface area contributed by atoms with Gasteiger partial charge in [-0.05, 0) is 42.7 Å². The van der Waals surface area contributed by atoms with Crippen molar-refractivity contribution in [1.82, 2.24) is 0 Å². The van der Waals surface area contributed by atoms with Gasteiger partial charge in [0, 0.05) is 10.6 Å². The third-order valence-electron chi connectivity index (χ3n) is 3.59. The van der Waals surface area contributed by atoms with Gasteiger partial charge in [0.2, 0.25) is 0 Å². The molecular weight excluding hydrogens is 288 g/mol. The highest BCUT2D eigenvalue weighted by atomic mass is 32.2. The SMILES string of the molecule is CCCCCCOc1ccc(CCSc2ccccc2)cc1. The lowest BCUT2D eigenvalue weighted by atomic mass is 10.2. The fourth-order valence-corrected chi connectivity index (χ4v) is 3.20. The molecule has 22 heavy (non-hydrogen) atoms. The Morgan fingerprint density at radius 3 is 2.36 bits per heavy atom. The molecule has 0 N–H and O–H groups in total. The quantitative estimate of drug-likeness (QED) is 0.394. The van der Waals surface area contributed by atoms with E-state index in [1.807, 2.05) is 11.8 Å². The number of hydrogen-bond donors (Lipinski definition) is 0. The van der Waals surface area contributed by atoms with Crippen LogP contribution < -0.4 is 4.74 Å². The summed E-state index contributed by atoms with van der Waals surface area (Å²) >= 11 is 1.91. The normalized spacial score (nSPS) is 10.6. The largest absolute Gasteiger partial charge is 0.494 e. The van der Waals surface area contributed by atoms with Gasteiger partial charge in [-0.1, -0.05) is 56.5 Å². The van der Waals surface area contributed by atoms with Crippen molar-refractivity contribution in [1.29, 1.82) is 0 Å². The number of benzene rings is 2. The molecule has 0 aliphatic heterocycles. The van der Waals surface area contributed by atoms with Gasteiger partial charge in [0.25, 0.3) is 0 Å². The first-order valence-electron chi connectivity index (χ1n) is 8.28. The smallest absolute Gasteiger partial charge is 0.119 e. The minimum absolute atomic E-state index is 0.837. The van der Waals surface area contributed by atoms with Gasteiger partial charge < -0.3 is 4.74 Å². The monoisotopic (exact) mass is 314 g/mol.